The van der Waals surface area contributed by atoms with Crippen LogP contribution in [0.15, 0.2) is 81.7 Å². The molecule has 8 heteroatoms. The number of methoxy groups -OCH3 is 1. The Balaban J connectivity index is 1.77. The summed E-state index contributed by atoms with van der Waals surface area (Å²) in [7, 11) is 1.57. The van der Waals surface area contributed by atoms with Crippen LogP contribution in [-0.4, -0.2) is 30.9 Å². The standard InChI is InChI=1S/C31H26N2O5S/c1-5-16-38-25-15-14-22(36-4)17-21(25)18-26-29(34)33-28(24-13-9-11-20-10-7-8-12-23(20)24)27(30(35)37-6-2)19(3)32-31(33)39-26/h1,7-15,17-18,28H,6,16H2,2-4H3/b26-18-. The molecule has 0 saturated carbocycles. The van der Waals surface area contributed by atoms with Gasteiger partial charge in [0.1, 0.15) is 18.1 Å². The predicted octanol–water partition coefficient (Wildman–Crippen LogP) is 3.97. The lowest BCUT2D eigenvalue weighted by atomic mass is 9.91. The second-order valence-corrected chi connectivity index (χ2v) is 9.78. The number of ether oxygens (including phenoxy) is 3. The van der Waals surface area contributed by atoms with Crippen LogP contribution in [0.3, 0.4) is 0 Å². The number of esters is 1. The zero-order valence-electron chi connectivity index (χ0n) is 21.8. The molecule has 0 amide bonds. The minimum Gasteiger partial charge on any atom is -0.497 e. The molecule has 39 heavy (non-hydrogen) atoms. The Labute approximate surface area is 229 Å². The van der Waals surface area contributed by atoms with Crippen molar-refractivity contribution in [2.45, 2.75) is 19.9 Å². The van der Waals surface area contributed by atoms with Crippen LogP contribution in [0.5, 0.6) is 11.5 Å². The zero-order chi connectivity index (χ0) is 27.5. The van der Waals surface area contributed by atoms with Crippen molar-refractivity contribution in [3.8, 4) is 23.8 Å². The third kappa shape index (κ3) is 4.85. The highest BCUT2D eigenvalue weighted by Crippen LogP contribution is 2.35. The number of thiazole rings is 1. The van der Waals surface area contributed by atoms with Crippen molar-refractivity contribution < 1.29 is 19.0 Å². The molecule has 1 atom stereocenters. The maximum atomic E-state index is 14.1. The molecule has 0 radical (unpaired) electrons. The van der Waals surface area contributed by atoms with E-state index in [1.54, 1.807) is 49.8 Å². The molecule has 0 saturated heterocycles. The monoisotopic (exact) mass is 538 g/mol. The lowest BCUT2D eigenvalue weighted by molar-refractivity contribution is -0.139. The number of hydrogen-bond donors (Lipinski definition) is 0. The number of terminal acetylenes is 1. The van der Waals surface area contributed by atoms with Crippen LogP contribution in [0.2, 0.25) is 0 Å². The van der Waals surface area contributed by atoms with Gasteiger partial charge in [0.05, 0.1) is 35.6 Å². The highest BCUT2D eigenvalue weighted by Gasteiger charge is 2.34. The Hall–Kier alpha value is -4.61. The summed E-state index contributed by atoms with van der Waals surface area (Å²) in [6, 6.07) is 18.3. The Morgan fingerprint density at radius 3 is 2.74 bits per heavy atom. The van der Waals surface area contributed by atoms with Gasteiger partial charge in [-0.3, -0.25) is 9.36 Å². The summed E-state index contributed by atoms with van der Waals surface area (Å²) in [4.78, 5) is 32.5. The first-order chi connectivity index (χ1) is 19.0. The van der Waals surface area contributed by atoms with Gasteiger partial charge in [-0.1, -0.05) is 59.7 Å². The normalized spacial score (nSPS) is 14.9. The van der Waals surface area contributed by atoms with Crippen molar-refractivity contribution in [3.63, 3.8) is 0 Å². The summed E-state index contributed by atoms with van der Waals surface area (Å²) >= 11 is 1.24. The van der Waals surface area contributed by atoms with Crippen molar-refractivity contribution in [3.05, 3.63) is 103 Å². The van der Waals surface area contributed by atoms with E-state index in [0.717, 1.165) is 16.3 Å². The number of rotatable bonds is 7. The summed E-state index contributed by atoms with van der Waals surface area (Å²) < 4.78 is 18.5. The van der Waals surface area contributed by atoms with E-state index < -0.39 is 12.0 Å². The number of carbonyl (C=O) groups is 1. The number of aromatic nitrogens is 1. The maximum Gasteiger partial charge on any atom is 0.338 e. The Bertz CT molecular complexity index is 1840. The predicted molar refractivity (Wildman–Crippen MR) is 152 cm³/mol. The number of nitrogens with zero attached hydrogens (tertiary/aromatic N) is 2. The lowest BCUT2D eigenvalue weighted by Gasteiger charge is -2.25. The van der Waals surface area contributed by atoms with Gasteiger partial charge in [0, 0.05) is 5.56 Å². The van der Waals surface area contributed by atoms with Gasteiger partial charge >= 0.3 is 5.97 Å². The molecule has 0 bridgehead atoms. The van der Waals surface area contributed by atoms with E-state index in [1.165, 1.54) is 11.3 Å². The van der Waals surface area contributed by atoms with Crippen molar-refractivity contribution in [2.75, 3.05) is 20.3 Å². The van der Waals surface area contributed by atoms with Gasteiger partial charge in [0.15, 0.2) is 4.80 Å². The lowest BCUT2D eigenvalue weighted by Crippen LogP contribution is -2.40. The van der Waals surface area contributed by atoms with Gasteiger partial charge in [-0.15, -0.1) is 6.42 Å². The number of hydrogen-bond acceptors (Lipinski definition) is 7. The summed E-state index contributed by atoms with van der Waals surface area (Å²) in [6.45, 7) is 3.81. The second-order valence-electron chi connectivity index (χ2n) is 8.77. The number of fused-ring (bicyclic) bond motifs is 2. The average Bonchev–Trinajstić information content (AvgIpc) is 3.25. The average molecular weight is 539 g/mol. The third-order valence-corrected chi connectivity index (χ3v) is 7.43. The molecule has 1 aliphatic rings. The molecule has 2 heterocycles. The van der Waals surface area contributed by atoms with Crippen molar-refractivity contribution in [1.29, 1.82) is 0 Å². The Morgan fingerprint density at radius 2 is 1.97 bits per heavy atom. The largest absolute Gasteiger partial charge is 0.497 e. The molecule has 0 fully saturated rings. The molecule has 7 nitrogen and oxygen atoms in total. The highest BCUT2D eigenvalue weighted by molar-refractivity contribution is 7.07. The minimum absolute atomic E-state index is 0.0809. The van der Waals surface area contributed by atoms with Crippen molar-refractivity contribution in [1.82, 2.24) is 4.57 Å². The number of benzene rings is 3. The molecule has 0 spiro atoms. The summed E-state index contributed by atoms with van der Waals surface area (Å²) in [6.07, 6.45) is 7.13. The van der Waals surface area contributed by atoms with E-state index in [-0.39, 0.29) is 18.8 Å². The molecule has 4 aromatic rings. The molecule has 0 N–H and O–H groups in total. The molecule has 3 aromatic carbocycles. The molecule has 5 rings (SSSR count). The van der Waals surface area contributed by atoms with Crippen molar-refractivity contribution in [2.24, 2.45) is 4.99 Å². The molecule has 1 aliphatic heterocycles. The van der Waals surface area contributed by atoms with Crippen LogP contribution in [0.25, 0.3) is 16.8 Å². The van der Waals surface area contributed by atoms with E-state index >= 15 is 0 Å². The summed E-state index contributed by atoms with van der Waals surface area (Å²) in [5, 5.41) is 1.94. The quantitative estimate of drug-likeness (QED) is 0.263. The van der Waals surface area contributed by atoms with Crippen LogP contribution in [0, 0.1) is 12.3 Å². The van der Waals surface area contributed by atoms with Gasteiger partial charge in [0.25, 0.3) is 5.56 Å². The van der Waals surface area contributed by atoms with Gasteiger partial charge in [-0.05, 0) is 54.5 Å². The molecule has 1 unspecified atom stereocenters. The summed E-state index contributed by atoms with van der Waals surface area (Å²) in [5.74, 6) is 3.09. The Morgan fingerprint density at radius 1 is 1.18 bits per heavy atom. The first kappa shape index (κ1) is 26.0. The van der Waals surface area contributed by atoms with Crippen LogP contribution in [-0.2, 0) is 9.53 Å². The van der Waals surface area contributed by atoms with Crippen LogP contribution >= 0.6 is 11.3 Å². The molecular weight excluding hydrogens is 512 g/mol. The molecular formula is C31H26N2O5S. The van der Waals surface area contributed by atoms with Crippen molar-refractivity contribution >= 4 is 34.2 Å². The summed E-state index contributed by atoms with van der Waals surface area (Å²) in [5.41, 5.74) is 2.03. The minimum atomic E-state index is -0.712. The topological polar surface area (TPSA) is 79.1 Å². The van der Waals surface area contributed by atoms with Gasteiger partial charge < -0.3 is 14.2 Å². The fourth-order valence-electron chi connectivity index (χ4n) is 4.73. The van der Waals surface area contributed by atoms with Gasteiger partial charge in [-0.2, -0.15) is 0 Å². The fourth-order valence-corrected chi connectivity index (χ4v) is 5.77. The zero-order valence-corrected chi connectivity index (χ0v) is 22.6. The van der Waals surface area contributed by atoms with Gasteiger partial charge in [-0.25, -0.2) is 9.79 Å². The van der Waals surface area contributed by atoms with Crippen LogP contribution in [0.1, 0.15) is 31.0 Å². The molecule has 196 valence electrons. The number of carbonyl (C=O) groups excluding carboxylic acids is 1. The SMILES string of the molecule is C#CCOc1ccc(OC)cc1/C=c1\sc2n(c1=O)C(c1cccc3ccccc13)C(C(=O)OCC)=C(C)N=2. The smallest absolute Gasteiger partial charge is 0.338 e. The third-order valence-electron chi connectivity index (χ3n) is 6.45. The molecule has 1 aromatic heterocycles. The Kier molecular flexibility index (Phi) is 7.35. The first-order valence-corrected chi connectivity index (χ1v) is 13.2. The van der Waals surface area contributed by atoms with E-state index in [2.05, 4.69) is 10.9 Å². The fraction of sp³-hybridized carbons (Fsp3) is 0.194. The highest BCUT2D eigenvalue weighted by atomic mass is 32.1. The van der Waals surface area contributed by atoms with Crippen LogP contribution < -0.4 is 24.4 Å². The first-order valence-electron chi connectivity index (χ1n) is 12.4. The number of allylic oxidation sites excluding steroid dienone is 1. The molecule has 0 aliphatic carbocycles. The van der Waals surface area contributed by atoms with Gasteiger partial charge in [0.2, 0.25) is 0 Å². The maximum absolute atomic E-state index is 14.1. The van der Waals surface area contributed by atoms with E-state index in [4.69, 9.17) is 20.6 Å². The van der Waals surface area contributed by atoms with E-state index in [9.17, 15) is 9.59 Å². The second kappa shape index (κ2) is 11.0. The van der Waals surface area contributed by atoms with E-state index in [1.807, 2.05) is 42.5 Å². The van der Waals surface area contributed by atoms with E-state index in [0.29, 0.717) is 37.7 Å². The van der Waals surface area contributed by atoms with Crippen LogP contribution in [0.4, 0.5) is 0 Å².